The zero-order chi connectivity index (χ0) is 18.2. The molecule has 2 rings (SSSR count). The Kier molecular flexibility index (Phi) is 6.40. The van der Waals surface area contributed by atoms with E-state index in [2.05, 4.69) is 15.6 Å². The van der Waals surface area contributed by atoms with Crippen LogP contribution in [0, 0.1) is 28.8 Å². The topological polar surface area (TPSA) is 60.2 Å². The Balaban J connectivity index is 1.89. The van der Waals surface area contributed by atoms with Crippen LogP contribution in [0.1, 0.15) is 16.7 Å². The molecule has 0 heterocycles. The lowest BCUT2D eigenvalue weighted by molar-refractivity contribution is 0.582. The van der Waals surface area contributed by atoms with Gasteiger partial charge in [0, 0.05) is 25.7 Å². The fourth-order valence-electron chi connectivity index (χ4n) is 2.23. The van der Waals surface area contributed by atoms with E-state index < -0.39 is 17.5 Å². The second-order valence-electron chi connectivity index (χ2n) is 5.26. The molecule has 130 valence electrons. The number of rotatable bonds is 5. The Labute approximate surface area is 144 Å². The summed E-state index contributed by atoms with van der Waals surface area (Å²) in [6.45, 7) is 0.454. The third kappa shape index (κ3) is 5.24. The zero-order valence-electron chi connectivity index (χ0n) is 13.6. The third-order valence-corrected chi connectivity index (χ3v) is 3.54. The predicted molar refractivity (Wildman–Crippen MR) is 89.4 cm³/mol. The second-order valence-corrected chi connectivity index (χ2v) is 5.26. The number of nitrogens with zero attached hydrogens (tertiary/aromatic N) is 2. The lowest BCUT2D eigenvalue weighted by Gasteiger charge is -2.13. The van der Waals surface area contributed by atoms with Gasteiger partial charge < -0.3 is 10.6 Å². The monoisotopic (exact) mass is 346 g/mol. The maximum atomic E-state index is 13.7. The van der Waals surface area contributed by atoms with E-state index in [1.807, 2.05) is 6.07 Å². The largest absolute Gasteiger partial charge is 0.356 e. The van der Waals surface area contributed by atoms with Gasteiger partial charge in [-0.1, -0.05) is 0 Å². The zero-order valence-corrected chi connectivity index (χ0v) is 13.6. The van der Waals surface area contributed by atoms with Crippen LogP contribution in [0.3, 0.4) is 0 Å². The van der Waals surface area contributed by atoms with E-state index in [0.717, 1.165) is 18.2 Å². The first-order valence-electron chi connectivity index (χ1n) is 7.60. The molecule has 0 aliphatic rings. The molecule has 0 aliphatic carbocycles. The van der Waals surface area contributed by atoms with Crippen LogP contribution >= 0.6 is 0 Å². The van der Waals surface area contributed by atoms with Crippen LogP contribution in [-0.2, 0) is 13.0 Å². The number of guanidine groups is 1. The van der Waals surface area contributed by atoms with Gasteiger partial charge in [-0.25, -0.2) is 13.2 Å². The molecule has 0 aliphatic heterocycles. The normalized spacial score (nSPS) is 11.1. The fraction of sp³-hybridized carbons (Fsp3) is 0.222. The highest BCUT2D eigenvalue weighted by molar-refractivity contribution is 5.79. The molecule has 0 unspecified atom stereocenters. The van der Waals surface area contributed by atoms with Crippen LogP contribution < -0.4 is 10.6 Å². The van der Waals surface area contributed by atoms with Crippen molar-refractivity contribution in [1.29, 1.82) is 5.26 Å². The summed E-state index contributed by atoms with van der Waals surface area (Å²) in [6, 6.07) is 9.35. The molecule has 0 aromatic heterocycles. The van der Waals surface area contributed by atoms with Crippen molar-refractivity contribution in [1.82, 2.24) is 10.6 Å². The maximum absolute atomic E-state index is 13.7. The van der Waals surface area contributed by atoms with Gasteiger partial charge in [0.25, 0.3) is 0 Å². The van der Waals surface area contributed by atoms with Gasteiger partial charge in [-0.05, 0) is 48.4 Å². The van der Waals surface area contributed by atoms with Crippen LogP contribution in [0.2, 0.25) is 0 Å². The van der Waals surface area contributed by atoms with Gasteiger partial charge in [0.05, 0.1) is 11.6 Å². The first-order chi connectivity index (χ1) is 12.0. The lowest BCUT2D eigenvalue weighted by atomic mass is 10.1. The molecule has 0 radical (unpaired) electrons. The molecule has 4 nitrogen and oxygen atoms in total. The minimum Gasteiger partial charge on any atom is -0.356 e. The van der Waals surface area contributed by atoms with Gasteiger partial charge in [-0.3, -0.25) is 4.99 Å². The van der Waals surface area contributed by atoms with Gasteiger partial charge in [0.15, 0.2) is 5.96 Å². The summed E-state index contributed by atoms with van der Waals surface area (Å²) in [6.07, 6.45) is 0.266. The Morgan fingerprint density at radius 3 is 2.48 bits per heavy atom. The van der Waals surface area contributed by atoms with E-state index >= 15 is 0 Å². The maximum Gasteiger partial charge on any atom is 0.191 e. The molecule has 2 aromatic carbocycles. The molecule has 0 spiro atoms. The third-order valence-electron chi connectivity index (χ3n) is 3.54. The van der Waals surface area contributed by atoms with Gasteiger partial charge in [-0.15, -0.1) is 0 Å². The van der Waals surface area contributed by atoms with Crippen molar-refractivity contribution >= 4 is 5.96 Å². The summed E-state index contributed by atoms with van der Waals surface area (Å²) in [5, 5.41) is 14.7. The van der Waals surface area contributed by atoms with Crippen molar-refractivity contribution in [2.45, 2.75) is 13.0 Å². The van der Waals surface area contributed by atoms with E-state index in [1.165, 1.54) is 18.2 Å². The summed E-state index contributed by atoms with van der Waals surface area (Å²) in [4.78, 5) is 3.99. The van der Waals surface area contributed by atoms with E-state index in [-0.39, 0.29) is 18.5 Å². The highest BCUT2D eigenvalue weighted by Crippen LogP contribution is 2.11. The first-order valence-corrected chi connectivity index (χ1v) is 7.60. The number of halogens is 3. The van der Waals surface area contributed by atoms with E-state index in [1.54, 1.807) is 7.05 Å². The molecule has 0 saturated carbocycles. The SMILES string of the molecule is CN=C(NCCc1cc(F)ccc1F)NCc1cc(C#N)ccc1F. The van der Waals surface area contributed by atoms with Gasteiger partial charge >= 0.3 is 0 Å². The summed E-state index contributed by atoms with van der Waals surface area (Å²) < 4.78 is 40.4. The van der Waals surface area contributed by atoms with Crippen molar-refractivity contribution in [3.63, 3.8) is 0 Å². The van der Waals surface area contributed by atoms with Crippen LogP contribution in [-0.4, -0.2) is 19.6 Å². The quantitative estimate of drug-likeness (QED) is 0.646. The molecule has 0 amide bonds. The lowest BCUT2D eigenvalue weighted by Crippen LogP contribution is -2.38. The smallest absolute Gasteiger partial charge is 0.191 e. The molecule has 0 bridgehead atoms. The van der Waals surface area contributed by atoms with E-state index in [9.17, 15) is 13.2 Å². The minimum atomic E-state index is -0.494. The van der Waals surface area contributed by atoms with Gasteiger partial charge in [0.1, 0.15) is 17.5 Å². The molecule has 0 saturated heterocycles. The van der Waals surface area contributed by atoms with Crippen molar-refractivity contribution < 1.29 is 13.2 Å². The molecule has 0 fully saturated rings. The Hall–Kier alpha value is -3.01. The number of benzene rings is 2. The number of nitrogens with one attached hydrogen (secondary N) is 2. The molecule has 7 heteroatoms. The van der Waals surface area contributed by atoms with E-state index in [4.69, 9.17) is 5.26 Å². The highest BCUT2D eigenvalue weighted by Gasteiger charge is 2.07. The summed E-state index contributed by atoms with van der Waals surface area (Å²) in [7, 11) is 1.54. The standard InChI is InChI=1S/C18H17F3N4/c1-23-18(24-7-6-13-9-15(19)3-5-16(13)20)25-11-14-8-12(10-22)2-4-17(14)21/h2-5,8-9H,6-7,11H2,1H3,(H2,23,24,25). The summed E-state index contributed by atoms with van der Waals surface area (Å²) >= 11 is 0. The van der Waals surface area contributed by atoms with E-state index in [0.29, 0.717) is 23.6 Å². The highest BCUT2D eigenvalue weighted by atomic mass is 19.1. The Morgan fingerprint density at radius 2 is 1.76 bits per heavy atom. The molecule has 25 heavy (non-hydrogen) atoms. The molecule has 2 N–H and O–H groups in total. The molecule has 0 atom stereocenters. The fourth-order valence-corrected chi connectivity index (χ4v) is 2.23. The minimum absolute atomic E-state index is 0.134. The van der Waals surface area contributed by atoms with Crippen molar-refractivity contribution in [3.8, 4) is 6.07 Å². The van der Waals surface area contributed by atoms with Crippen LogP contribution in [0.15, 0.2) is 41.4 Å². The van der Waals surface area contributed by atoms with Crippen LogP contribution in [0.4, 0.5) is 13.2 Å². The number of aliphatic imine (C=N–C) groups is 1. The van der Waals surface area contributed by atoms with Crippen molar-refractivity contribution in [2.75, 3.05) is 13.6 Å². The Bertz CT molecular complexity index is 812. The Morgan fingerprint density at radius 1 is 1.04 bits per heavy atom. The number of hydrogen-bond acceptors (Lipinski definition) is 2. The molecular formula is C18H17F3N4. The average molecular weight is 346 g/mol. The first kappa shape index (κ1) is 18.3. The number of hydrogen-bond donors (Lipinski definition) is 2. The summed E-state index contributed by atoms with van der Waals surface area (Å²) in [5.74, 6) is -1.00. The molecular weight excluding hydrogens is 329 g/mol. The summed E-state index contributed by atoms with van der Waals surface area (Å²) in [5.41, 5.74) is 0.955. The number of nitriles is 1. The second kappa shape index (κ2) is 8.73. The predicted octanol–water partition coefficient (Wildman–Crippen LogP) is 2.88. The van der Waals surface area contributed by atoms with Gasteiger partial charge in [0.2, 0.25) is 0 Å². The van der Waals surface area contributed by atoms with Crippen LogP contribution in [0.25, 0.3) is 0 Å². The van der Waals surface area contributed by atoms with Crippen LogP contribution in [0.5, 0.6) is 0 Å². The average Bonchev–Trinajstić information content (AvgIpc) is 2.62. The van der Waals surface area contributed by atoms with Crippen molar-refractivity contribution in [2.24, 2.45) is 4.99 Å². The van der Waals surface area contributed by atoms with Crippen molar-refractivity contribution in [3.05, 3.63) is 70.5 Å². The molecule has 2 aromatic rings. The van der Waals surface area contributed by atoms with Gasteiger partial charge in [-0.2, -0.15) is 5.26 Å².